The van der Waals surface area contributed by atoms with Crippen molar-refractivity contribution in [3.63, 3.8) is 0 Å². The molecule has 0 saturated carbocycles. The highest BCUT2D eigenvalue weighted by molar-refractivity contribution is 8.76. The van der Waals surface area contributed by atoms with E-state index < -0.39 is 0 Å². The van der Waals surface area contributed by atoms with Crippen molar-refractivity contribution in [2.24, 2.45) is 0 Å². The highest BCUT2D eigenvalue weighted by atomic mass is 35.5. The van der Waals surface area contributed by atoms with Gasteiger partial charge in [-0.1, -0.05) is 44.8 Å². The van der Waals surface area contributed by atoms with E-state index in [2.05, 4.69) is 0 Å². The summed E-state index contributed by atoms with van der Waals surface area (Å²) in [7, 11) is 3.27. The van der Waals surface area contributed by atoms with Crippen LogP contribution in [0.5, 0.6) is 0 Å². The Balaban J connectivity index is 2.93. The van der Waals surface area contributed by atoms with E-state index in [0.29, 0.717) is 0 Å². The first-order chi connectivity index (χ1) is 5.24. The number of hydrogen-bond donors (Lipinski definition) is 0. The van der Waals surface area contributed by atoms with Crippen molar-refractivity contribution >= 4 is 44.8 Å². The minimum Gasteiger partial charge on any atom is -0.0923 e. The summed E-state index contributed by atoms with van der Waals surface area (Å²) in [5.41, 5.74) is 0. The van der Waals surface area contributed by atoms with Crippen LogP contribution in [0.1, 0.15) is 0 Å². The molecule has 0 bridgehead atoms. The van der Waals surface area contributed by atoms with Crippen molar-refractivity contribution in [3.05, 3.63) is 28.2 Å². The van der Waals surface area contributed by atoms with Gasteiger partial charge in [-0.3, -0.25) is 0 Å². The molecule has 4 heteroatoms. The number of hydrogen-bond acceptors (Lipinski definition) is 2. The van der Waals surface area contributed by atoms with Crippen LogP contribution in [0.25, 0.3) is 0 Å². The van der Waals surface area contributed by atoms with Crippen molar-refractivity contribution < 1.29 is 0 Å². The Hall–Kier alpha value is 0.500. The Morgan fingerprint density at radius 3 is 2.64 bits per heavy atom. The van der Waals surface area contributed by atoms with Crippen LogP contribution in [0.4, 0.5) is 0 Å². The molecule has 0 aliphatic carbocycles. The zero-order valence-electron chi connectivity index (χ0n) is 5.80. The quantitative estimate of drug-likeness (QED) is 0.685. The number of rotatable bonds is 2. The zero-order chi connectivity index (χ0) is 8.27. The maximum Gasteiger partial charge on any atom is 0.0551 e. The molecule has 1 aromatic carbocycles. The van der Waals surface area contributed by atoms with Crippen LogP contribution in [0.2, 0.25) is 10.0 Å². The second kappa shape index (κ2) is 4.51. The first kappa shape index (κ1) is 9.59. The minimum absolute atomic E-state index is 0.728. The molecule has 0 amide bonds. The normalized spacial score (nSPS) is 10.1. The average molecular weight is 225 g/mol. The largest absolute Gasteiger partial charge is 0.0923 e. The summed E-state index contributed by atoms with van der Waals surface area (Å²) in [5, 5.41) is 1.49. The molecule has 1 aromatic rings. The highest BCUT2D eigenvalue weighted by Crippen LogP contribution is 2.35. The molecule has 0 aliphatic rings. The van der Waals surface area contributed by atoms with Crippen LogP contribution in [-0.2, 0) is 0 Å². The molecular weight excluding hydrogens is 219 g/mol. The van der Waals surface area contributed by atoms with Crippen molar-refractivity contribution in [1.29, 1.82) is 0 Å². The molecule has 0 spiro atoms. The lowest BCUT2D eigenvalue weighted by Gasteiger charge is -2.00. The first-order valence-corrected chi connectivity index (χ1v) is 6.21. The predicted molar refractivity (Wildman–Crippen MR) is 55.8 cm³/mol. The van der Waals surface area contributed by atoms with Crippen LogP contribution >= 0.6 is 44.8 Å². The maximum absolute atomic E-state index is 5.88. The zero-order valence-corrected chi connectivity index (χ0v) is 8.95. The van der Waals surface area contributed by atoms with Crippen LogP contribution in [0, 0.1) is 0 Å². The molecule has 0 heterocycles. The van der Waals surface area contributed by atoms with Crippen molar-refractivity contribution in [2.75, 3.05) is 6.26 Å². The predicted octanol–water partition coefficient (Wildman–Crippen LogP) is 4.36. The second-order valence-corrected chi connectivity index (χ2v) is 5.11. The molecule has 60 valence electrons. The van der Waals surface area contributed by atoms with Gasteiger partial charge in [-0.15, -0.1) is 0 Å². The van der Waals surface area contributed by atoms with E-state index in [1.54, 1.807) is 27.7 Å². The molecule has 0 aliphatic heterocycles. The molecule has 0 unspecified atom stereocenters. The fourth-order valence-corrected chi connectivity index (χ4v) is 2.69. The monoisotopic (exact) mass is 224 g/mol. The number of halogens is 2. The lowest BCUT2D eigenvalue weighted by Crippen LogP contribution is -1.71. The third-order valence-electron chi connectivity index (χ3n) is 1.07. The van der Waals surface area contributed by atoms with Gasteiger partial charge in [0.15, 0.2) is 0 Å². The Labute approximate surface area is 84.0 Å². The Bertz CT molecular complexity index is 250. The molecule has 0 aromatic heterocycles. The second-order valence-electron chi connectivity index (χ2n) is 1.82. The van der Waals surface area contributed by atoms with Crippen LogP contribution in [0.3, 0.4) is 0 Å². The lowest BCUT2D eigenvalue weighted by atomic mass is 10.4. The van der Waals surface area contributed by atoms with Crippen LogP contribution < -0.4 is 0 Å². The van der Waals surface area contributed by atoms with Gasteiger partial charge in [0, 0.05) is 9.92 Å². The van der Waals surface area contributed by atoms with Gasteiger partial charge in [0.2, 0.25) is 0 Å². The molecular formula is C7H6Cl2S2. The van der Waals surface area contributed by atoms with Crippen molar-refractivity contribution in [1.82, 2.24) is 0 Å². The van der Waals surface area contributed by atoms with E-state index in [-0.39, 0.29) is 0 Å². The van der Waals surface area contributed by atoms with Gasteiger partial charge in [0.25, 0.3) is 0 Å². The molecule has 1 rings (SSSR count). The van der Waals surface area contributed by atoms with Crippen molar-refractivity contribution in [3.8, 4) is 0 Å². The summed E-state index contributed by atoms with van der Waals surface area (Å²) in [6, 6.07) is 5.46. The summed E-state index contributed by atoms with van der Waals surface area (Å²) < 4.78 is 0. The molecule has 0 nitrogen and oxygen atoms in total. The minimum atomic E-state index is 0.728. The molecule has 0 fully saturated rings. The van der Waals surface area contributed by atoms with E-state index in [1.165, 1.54) is 0 Å². The fourth-order valence-electron chi connectivity index (χ4n) is 0.631. The van der Waals surface area contributed by atoms with Crippen LogP contribution in [0.15, 0.2) is 23.1 Å². The Morgan fingerprint density at radius 2 is 2.00 bits per heavy atom. The van der Waals surface area contributed by atoms with E-state index in [9.17, 15) is 0 Å². The Morgan fingerprint density at radius 1 is 1.27 bits per heavy atom. The Kier molecular flexibility index (Phi) is 3.93. The number of benzene rings is 1. The standard InChI is InChI=1S/C7H6Cl2S2/c1-10-11-7-4-5(8)2-3-6(7)9/h2-4H,1H3. The van der Waals surface area contributed by atoms with E-state index >= 15 is 0 Å². The topological polar surface area (TPSA) is 0 Å². The molecule has 0 radical (unpaired) electrons. The smallest absolute Gasteiger partial charge is 0.0551 e. The summed E-state index contributed by atoms with van der Waals surface area (Å²) >= 11 is 11.7. The lowest BCUT2D eigenvalue weighted by molar-refractivity contribution is 1.47. The third kappa shape index (κ3) is 2.79. The van der Waals surface area contributed by atoms with Gasteiger partial charge >= 0.3 is 0 Å². The van der Waals surface area contributed by atoms with Gasteiger partial charge in [-0.2, -0.15) is 0 Å². The molecule has 0 atom stereocenters. The fraction of sp³-hybridized carbons (Fsp3) is 0.143. The van der Waals surface area contributed by atoms with Crippen molar-refractivity contribution in [2.45, 2.75) is 4.90 Å². The molecule has 0 saturated heterocycles. The SMILES string of the molecule is CSSc1cc(Cl)ccc1Cl. The van der Waals surface area contributed by atoms with E-state index in [4.69, 9.17) is 23.2 Å². The molecule has 0 N–H and O–H groups in total. The summed E-state index contributed by atoms with van der Waals surface area (Å²) in [6.45, 7) is 0. The van der Waals surface area contributed by atoms with Crippen LogP contribution in [-0.4, -0.2) is 6.26 Å². The van der Waals surface area contributed by atoms with Gasteiger partial charge in [0.1, 0.15) is 0 Å². The molecule has 11 heavy (non-hydrogen) atoms. The van der Waals surface area contributed by atoms with Gasteiger partial charge in [-0.05, 0) is 24.5 Å². The van der Waals surface area contributed by atoms with E-state index in [1.807, 2.05) is 18.4 Å². The summed E-state index contributed by atoms with van der Waals surface area (Å²) in [6.07, 6.45) is 2.00. The summed E-state index contributed by atoms with van der Waals surface area (Å²) in [4.78, 5) is 1.02. The maximum atomic E-state index is 5.88. The van der Waals surface area contributed by atoms with Gasteiger partial charge in [-0.25, -0.2) is 0 Å². The summed E-state index contributed by atoms with van der Waals surface area (Å²) in [5.74, 6) is 0. The van der Waals surface area contributed by atoms with Gasteiger partial charge in [0.05, 0.1) is 5.02 Å². The average Bonchev–Trinajstić information content (AvgIpc) is 1.98. The highest BCUT2D eigenvalue weighted by Gasteiger charge is 2.00. The third-order valence-corrected chi connectivity index (χ3v) is 3.47. The first-order valence-electron chi connectivity index (χ1n) is 2.90. The van der Waals surface area contributed by atoms with E-state index in [0.717, 1.165) is 14.9 Å². The van der Waals surface area contributed by atoms with Gasteiger partial charge < -0.3 is 0 Å².